The van der Waals surface area contributed by atoms with E-state index in [0.717, 1.165) is 23.5 Å². The number of rotatable bonds is 8. The number of hydrogen-bond donors (Lipinski definition) is 1. The molecule has 0 radical (unpaired) electrons. The minimum atomic E-state index is 0.491. The molecule has 0 aliphatic rings. The SMILES string of the molecule is NCc1ccccc1OCCCOCc1ccco1. The second kappa shape index (κ2) is 7.61. The zero-order chi connectivity index (χ0) is 13.3. The van der Waals surface area contributed by atoms with Crippen molar-refractivity contribution < 1.29 is 13.9 Å². The number of nitrogens with two attached hydrogens (primary N) is 1. The monoisotopic (exact) mass is 261 g/mol. The summed E-state index contributed by atoms with van der Waals surface area (Å²) in [5.41, 5.74) is 6.67. The average molecular weight is 261 g/mol. The number of ether oxygens (including phenoxy) is 2. The number of hydrogen-bond acceptors (Lipinski definition) is 4. The summed E-state index contributed by atoms with van der Waals surface area (Å²) in [4.78, 5) is 0. The van der Waals surface area contributed by atoms with Crippen LogP contribution in [0.25, 0.3) is 0 Å². The third-order valence-corrected chi connectivity index (χ3v) is 2.71. The summed E-state index contributed by atoms with van der Waals surface area (Å²) < 4.78 is 16.3. The molecule has 0 saturated heterocycles. The molecule has 4 nitrogen and oxygen atoms in total. The molecule has 19 heavy (non-hydrogen) atoms. The van der Waals surface area contributed by atoms with Crippen LogP contribution in [-0.2, 0) is 17.9 Å². The van der Waals surface area contributed by atoms with E-state index in [2.05, 4.69) is 0 Å². The van der Waals surface area contributed by atoms with Crippen LogP contribution in [-0.4, -0.2) is 13.2 Å². The van der Waals surface area contributed by atoms with Crippen LogP contribution in [0.15, 0.2) is 47.1 Å². The highest BCUT2D eigenvalue weighted by Crippen LogP contribution is 2.17. The third-order valence-electron chi connectivity index (χ3n) is 2.71. The van der Waals surface area contributed by atoms with E-state index in [1.165, 1.54) is 0 Å². The van der Waals surface area contributed by atoms with Gasteiger partial charge in [-0.1, -0.05) is 18.2 Å². The Morgan fingerprint density at radius 3 is 2.74 bits per heavy atom. The van der Waals surface area contributed by atoms with Gasteiger partial charge in [-0.05, 0) is 18.2 Å². The van der Waals surface area contributed by atoms with Crippen molar-refractivity contribution in [2.75, 3.05) is 13.2 Å². The second-order valence-electron chi connectivity index (χ2n) is 4.15. The van der Waals surface area contributed by atoms with Crippen LogP contribution in [0.2, 0.25) is 0 Å². The summed E-state index contributed by atoms with van der Waals surface area (Å²) in [6, 6.07) is 11.6. The number of furan rings is 1. The Balaban J connectivity index is 1.61. The van der Waals surface area contributed by atoms with Crippen molar-refractivity contribution in [1.29, 1.82) is 0 Å². The predicted molar refractivity (Wildman–Crippen MR) is 72.8 cm³/mol. The molecule has 0 amide bonds. The minimum absolute atomic E-state index is 0.491. The minimum Gasteiger partial charge on any atom is -0.493 e. The van der Waals surface area contributed by atoms with Crippen molar-refractivity contribution in [3.05, 3.63) is 54.0 Å². The van der Waals surface area contributed by atoms with Crippen molar-refractivity contribution in [2.24, 2.45) is 5.73 Å². The lowest BCUT2D eigenvalue weighted by Gasteiger charge is -2.10. The third kappa shape index (κ3) is 4.43. The first kappa shape index (κ1) is 13.6. The maximum atomic E-state index is 5.68. The first-order valence-corrected chi connectivity index (χ1v) is 6.41. The molecule has 2 aromatic rings. The highest BCUT2D eigenvalue weighted by molar-refractivity contribution is 5.32. The topological polar surface area (TPSA) is 57.6 Å². The molecule has 0 unspecified atom stereocenters. The van der Waals surface area contributed by atoms with Crippen LogP contribution in [0.5, 0.6) is 5.75 Å². The van der Waals surface area contributed by atoms with Crippen molar-refractivity contribution >= 4 is 0 Å². The second-order valence-corrected chi connectivity index (χ2v) is 4.15. The molecular formula is C15H19NO3. The van der Waals surface area contributed by atoms with E-state index in [4.69, 9.17) is 19.6 Å². The highest BCUT2D eigenvalue weighted by atomic mass is 16.5. The Bertz CT molecular complexity index is 468. The van der Waals surface area contributed by atoms with E-state index >= 15 is 0 Å². The van der Waals surface area contributed by atoms with Crippen LogP contribution in [0, 0.1) is 0 Å². The standard InChI is InChI=1S/C15H19NO3/c16-11-13-5-1-2-7-15(13)19-10-4-8-17-12-14-6-3-9-18-14/h1-3,5-7,9H,4,8,10-12,16H2. The van der Waals surface area contributed by atoms with Gasteiger partial charge in [0.2, 0.25) is 0 Å². The highest BCUT2D eigenvalue weighted by Gasteiger charge is 2.00. The van der Waals surface area contributed by atoms with Crippen molar-refractivity contribution in [3.8, 4) is 5.75 Å². The summed E-state index contributed by atoms with van der Waals surface area (Å²) in [7, 11) is 0. The first-order valence-electron chi connectivity index (χ1n) is 6.41. The molecule has 2 N–H and O–H groups in total. The van der Waals surface area contributed by atoms with Crippen LogP contribution < -0.4 is 10.5 Å². The van der Waals surface area contributed by atoms with Crippen molar-refractivity contribution in [2.45, 2.75) is 19.6 Å². The lowest BCUT2D eigenvalue weighted by atomic mass is 10.2. The molecule has 1 heterocycles. The number of benzene rings is 1. The van der Waals surface area contributed by atoms with E-state index in [9.17, 15) is 0 Å². The van der Waals surface area contributed by atoms with Gasteiger partial charge in [0.25, 0.3) is 0 Å². The van der Waals surface area contributed by atoms with Gasteiger partial charge in [-0.15, -0.1) is 0 Å². The molecule has 0 aliphatic carbocycles. The molecule has 4 heteroatoms. The van der Waals surface area contributed by atoms with Crippen LogP contribution in [0.1, 0.15) is 17.7 Å². The summed E-state index contributed by atoms with van der Waals surface area (Å²) >= 11 is 0. The predicted octanol–water partition coefficient (Wildman–Crippen LogP) is 2.72. The fraction of sp³-hybridized carbons (Fsp3) is 0.333. The Labute approximate surface area is 113 Å². The average Bonchev–Trinajstić information content (AvgIpc) is 2.96. The van der Waals surface area contributed by atoms with E-state index in [0.29, 0.717) is 26.4 Å². The van der Waals surface area contributed by atoms with Gasteiger partial charge in [0, 0.05) is 18.5 Å². The van der Waals surface area contributed by atoms with Gasteiger partial charge in [-0.2, -0.15) is 0 Å². The first-order chi connectivity index (χ1) is 9.40. The Morgan fingerprint density at radius 2 is 1.95 bits per heavy atom. The van der Waals surface area contributed by atoms with E-state index < -0.39 is 0 Å². The summed E-state index contributed by atoms with van der Waals surface area (Å²) in [5.74, 6) is 1.70. The molecule has 0 saturated carbocycles. The molecule has 102 valence electrons. The summed E-state index contributed by atoms with van der Waals surface area (Å²) in [5, 5.41) is 0. The molecular weight excluding hydrogens is 242 g/mol. The molecule has 0 atom stereocenters. The Morgan fingerprint density at radius 1 is 1.05 bits per heavy atom. The smallest absolute Gasteiger partial charge is 0.129 e. The quantitative estimate of drug-likeness (QED) is 0.742. The van der Waals surface area contributed by atoms with Gasteiger partial charge in [0.1, 0.15) is 18.1 Å². The summed E-state index contributed by atoms with van der Waals surface area (Å²) in [6.07, 6.45) is 2.48. The van der Waals surface area contributed by atoms with E-state index in [-0.39, 0.29) is 0 Å². The molecule has 1 aromatic heterocycles. The van der Waals surface area contributed by atoms with Gasteiger partial charge in [-0.3, -0.25) is 0 Å². The van der Waals surface area contributed by atoms with Crippen molar-refractivity contribution in [1.82, 2.24) is 0 Å². The molecule has 0 bridgehead atoms. The van der Waals surface area contributed by atoms with Crippen LogP contribution in [0.3, 0.4) is 0 Å². The normalized spacial score (nSPS) is 10.6. The lowest BCUT2D eigenvalue weighted by molar-refractivity contribution is 0.0943. The zero-order valence-corrected chi connectivity index (χ0v) is 10.9. The van der Waals surface area contributed by atoms with Gasteiger partial charge in [0.05, 0.1) is 19.5 Å². The van der Waals surface area contributed by atoms with E-state index in [1.54, 1.807) is 6.26 Å². The van der Waals surface area contributed by atoms with E-state index in [1.807, 2.05) is 36.4 Å². The molecule has 0 fully saturated rings. The summed E-state index contributed by atoms with van der Waals surface area (Å²) in [6.45, 7) is 2.26. The number of para-hydroxylation sites is 1. The van der Waals surface area contributed by atoms with Gasteiger partial charge < -0.3 is 19.6 Å². The van der Waals surface area contributed by atoms with Gasteiger partial charge in [-0.25, -0.2) is 0 Å². The Kier molecular flexibility index (Phi) is 5.47. The zero-order valence-electron chi connectivity index (χ0n) is 10.9. The maximum absolute atomic E-state index is 5.68. The van der Waals surface area contributed by atoms with Gasteiger partial charge >= 0.3 is 0 Å². The molecule has 0 aliphatic heterocycles. The maximum Gasteiger partial charge on any atom is 0.129 e. The van der Waals surface area contributed by atoms with Gasteiger partial charge in [0.15, 0.2) is 0 Å². The van der Waals surface area contributed by atoms with Crippen LogP contribution in [0.4, 0.5) is 0 Å². The molecule has 2 rings (SSSR count). The molecule has 1 aromatic carbocycles. The van der Waals surface area contributed by atoms with Crippen LogP contribution >= 0.6 is 0 Å². The Hall–Kier alpha value is -1.78. The fourth-order valence-corrected chi connectivity index (χ4v) is 1.72. The largest absolute Gasteiger partial charge is 0.493 e. The fourth-order valence-electron chi connectivity index (χ4n) is 1.72. The molecule has 0 spiro atoms. The van der Waals surface area contributed by atoms with Crippen molar-refractivity contribution in [3.63, 3.8) is 0 Å². The lowest BCUT2D eigenvalue weighted by Crippen LogP contribution is -2.06.